The minimum absolute atomic E-state index is 0.440. The number of nitrogens with zero attached hydrogens (tertiary/aromatic N) is 6. The van der Waals surface area contributed by atoms with Crippen LogP contribution in [0.15, 0.2) is 18.7 Å². The van der Waals surface area contributed by atoms with Gasteiger partial charge in [0.2, 0.25) is 0 Å². The first-order valence-electron chi connectivity index (χ1n) is 3.93. The number of rotatable bonds is 3. The smallest absolute Gasteiger partial charge is 0.253 e. The molecule has 7 heteroatoms. The van der Waals surface area contributed by atoms with E-state index in [-0.39, 0.29) is 0 Å². The largest absolute Gasteiger partial charge is 0.380 e. The zero-order valence-corrected chi connectivity index (χ0v) is 7.53. The first-order chi connectivity index (χ1) is 6.90. The van der Waals surface area contributed by atoms with Crippen LogP contribution in [0.25, 0.3) is 5.95 Å². The standard InChI is InChI=1S/C7H8N6O/c1-14-4-6-2-8-7(9-3-6)13-5-10-11-12-13/h2-3,5H,4H2,1H3. The fourth-order valence-corrected chi connectivity index (χ4v) is 0.960. The van der Waals surface area contributed by atoms with Crippen LogP contribution >= 0.6 is 0 Å². The lowest BCUT2D eigenvalue weighted by atomic mass is 10.4. The number of ether oxygens (including phenoxy) is 1. The van der Waals surface area contributed by atoms with Crippen molar-refractivity contribution in [1.29, 1.82) is 0 Å². The zero-order chi connectivity index (χ0) is 9.80. The molecule has 2 heterocycles. The molecule has 7 nitrogen and oxygen atoms in total. The molecule has 0 bridgehead atoms. The average molecular weight is 192 g/mol. The van der Waals surface area contributed by atoms with Crippen molar-refractivity contribution >= 4 is 0 Å². The van der Waals surface area contributed by atoms with Crippen LogP contribution in [0.5, 0.6) is 0 Å². The van der Waals surface area contributed by atoms with Gasteiger partial charge in [-0.3, -0.25) is 0 Å². The Morgan fingerprint density at radius 1 is 1.36 bits per heavy atom. The van der Waals surface area contributed by atoms with Gasteiger partial charge in [0.1, 0.15) is 6.33 Å². The summed E-state index contributed by atoms with van der Waals surface area (Å²) in [5.41, 5.74) is 0.907. The summed E-state index contributed by atoms with van der Waals surface area (Å²) in [7, 11) is 1.62. The van der Waals surface area contributed by atoms with Crippen LogP contribution in [0.2, 0.25) is 0 Å². The van der Waals surface area contributed by atoms with Crippen molar-refractivity contribution in [1.82, 2.24) is 30.2 Å². The molecule has 2 aromatic heterocycles. The van der Waals surface area contributed by atoms with Crippen molar-refractivity contribution < 1.29 is 4.74 Å². The fourth-order valence-electron chi connectivity index (χ4n) is 0.960. The highest BCUT2D eigenvalue weighted by Crippen LogP contribution is 1.99. The zero-order valence-electron chi connectivity index (χ0n) is 7.53. The van der Waals surface area contributed by atoms with E-state index in [0.29, 0.717) is 12.6 Å². The first-order valence-corrected chi connectivity index (χ1v) is 3.93. The summed E-state index contributed by atoms with van der Waals surface area (Å²) in [5, 5.41) is 10.6. The summed E-state index contributed by atoms with van der Waals surface area (Å²) < 4.78 is 6.32. The lowest BCUT2D eigenvalue weighted by Gasteiger charge is -1.99. The summed E-state index contributed by atoms with van der Waals surface area (Å²) in [4.78, 5) is 8.14. The Bertz CT molecular complexity index is 383. The predicted molar refractivity (Wildman–Crippen MR) is 45.5 cm³/mol. The van der Waals surface area contributed by atoms with E-state index in [1.54, 1.807) is 19.5 Å². The Morgan fingerprint density at radius 3 is 2.71 bits per heavy atom. The quantitative estimate of drug-likeness (QED) is 0.658. The molecule has 72 valence electrons. The Hall–Kier alpha value is -1.89. The second kappa shape index (κ2) is 3.88. The van der Waals surface area contributed by atoms with Crippen molar-refractivity contribution in [2.75, 3.05) is 7.11 Å². The van der Waals surface area contributed by atoms with Gasteiger partial charge in [0.05, 0.1) is 6.61 Å². The lowest BCUT2D eigenvalue weighted by molar-refractivity contribution is 0.184. The summed E-state index contributed by atoms with van der Waals surface area (Å²) in [6, 6.07) is 0. The number of aromatic nitrogens is 6. The molecule has 0 amide bonds. The molecule has 0 saturated heterocycles. The minimum Gasteiger partial charge on any atom is -0.380 e. The third-order valence-corrected chi connectivity index (χ3v) is 1.56. The molecule has 2 rings (SSSR count). The Labute approximate surface area is 79.8 Å². The molecule has 0 aromatic carbocycles. The monoisotopic (exact) mass is 192 g/mol. The first kappa shape index (κ1) is 8.70. The summed E-state index contributed by atoms with van der Waals surface area (Å²) >= 11 is 0. The molecular weight excluding hydrogens is 184 g/mol. The summed E-state index contributed by atoms with van der Waals surface area (Å²) in [6.45, 7) is 0.496. The SMILES string of the molecule is COCc1cnc(-n2cnnn2)nc1. The molecule has 0 atom stereocenters. The molecule has 0 aliphatic carbocycles. The number of hydrogen-bond acceptors (Lipinski definition) is 6. The third-order valence-electron chi connectivity index (χ3n) is 1.56. The highest BCUT2D eigenvalue weighted by molar-refractivity contribution is 5.11. The van der Waals surface area contributed by atoms with E-state index in [1.807, 2.05) is 0 Å². The Balaban J connectivity index is 2.22. The van der Waals surface area contributed by atoms with Gasteiger partial charge in [-0.25, -0.2) is 9.97 Å². The molecule has 0 N–H and O–H groups in total. The van der Waals surface area contributed by atoms with Crippen LogP contribution in [0.4, 0.5) is 0 Å². The van der Waals surface area contributed by atoms with E-state index in [0.717, 1.165) is 5.56 Å². The maximum absolute atomic E-state index is 4.93. The predicted octanol–water partition coefficient (Wildman–Crippen LogP) is -0.401. The van der Waals surface area contributed by atoms with E-state index in [2.05, 4.69) is 25.5 Å². The Morgan fingerprint density at radius 2 is 2.14 bits per heavy atom. The number of hydrogen-bond donors (Lipinski definition) is 0. The van der Waals surface area contributed by atoms with Gasteiger partial charge < -0.3 is 4.74 Å². The molecule has 0 radical (unpaired) electrons. The molecule has 14 heavy (non-hydrogen) atoms. The van der Waals surface area contributed by atoms with E-state index in [9.17, 15) is 0 Å². The molecule has 0 unspecified atom stereocenters. The van der Waals surface area contributed by atoms with Gasteiger partial charge in [-0.2, -0.15) is 4.68 Å². The molecule has 0 spiro atoms. The number of methoxy groups -OCH3 is 1. The molecule has 0 aliphatic rings. The van der Waals surface area contributed by atoms with E-state index in [1.165, 1.54) is 11.0 Å². The van der Waals surface area contributed by atoms with Crippen molar-refractivity contribution in [3.8, 4) is 5.95 Å². The minimum atomic E-state index is 0.440. The van der Waals surface area contributed by atoms with Gasteiger partial charge in [-0.1, -0.05) is 0 Å². The molecule has 2 aromatic rings. The summed E-state index contributed by atoms with van der Waals surface area (Å²) in [6.07, 6.45) is 4.78. The fraction of sp³-hybridized carbons (Fsp3) is 0.286. The van der Waals surface area contributed by atoms with Gasteiger partial charge in [0, 0.05) is 25.1 Å². The lowest BCUT2D eigenvalue weighted by Crippen LogP contribution is -2.02. The second-order valence-corrected chi connectivity index (χ2v) is 2.58. The third kappa shape index (κ3) is 1.72. The molecule has 0 aliphatic heterocycles. The van der Waals surface area contributed by atoms with Crippen molar-refractivity contribution in [3.63, 3.8) is 0 Å². The van der Waals surface area contributed by atoms with Gasteiger partial charge in [-0.05, 0) is 10.4 Å². The van der Waals surface area contributed by atoms with Gasteiger partial charge in [0.15, 0.2) is 0 Å². The van der Waals surface area contributed by atoms with Crippen molar-refractivity contribution in [2.24, 2.45) is 0 Å². The Kier molecular flexibility index (Phi) is 2.41. The van der Waals surface area contributed by atoms with Crippen molar-refractivity contribution in [3.05, 3.63) is 24.3 Å². The van der Waals surface area contributed by atoms with Crippen LogP contribution in [-0.2, 0) is 11.3 Å². The molecule has 0 saturated carbocycles. The van der Waals surface area contributed by atoms with E-state index < -0.39 is 0 Å². The highest BCUT2D eigenvalue weighted by Gasteiger charge is 2.00. The van der Waals surface area contributed by atoms with Crippen LogP contribution in [0, 0.1) is 0 Å². The van der Waals surface area contributed by atoms with Crippen LogP contribution in [0.3, 0.4) is 0 Å². The molecular formula is C7H8N6O. The van der Waals surface area contributed by atoms with Crippen LogP contribution in [0.1, 0.15) is 5.56 Å². The maximum Gasteiger partial charge on any atom is 0.253 e. The molecule has 0 fully saturated rings. The highest BCUT2D eigenvalue weighted by atomic mass is 16.5. The van der Waals surface area contributed by atoms with Crippen LogP contribution < -0.4 is 0 Å². The van der Waals surface area contributed by atoms with Gasteiger partial charge in [0.25, 0.3) is 5.95 Å². The maximum atomic E-state index is 4.93. The van der Waals surface area contributed by atoms with Gasteiger partial charge in [-0.15, -0.1) is 5.10 Å². The normalized spacial score (nSPS) is 10.4. The van der Waals surface area contributed by atoms with Gasteiger partial charge >= 0.3 is 0 Å². The van der Waals surface area contributed by atoms with Crippen molar-refractivity contribution in [2.45, 2.75) is 6.61 Å². The summed E-state index contributed by atoms with van der Waals surface area (Å²) in [5.74, 6) is 0.440. The second-order valence-electron chi connectivity index (χ2n) is 2.58. The van der Waals surface area contributed by atoms with E-state index >= 15 is 0 Å². The number of tetrazole rings is 1. The van der Waals surface area contributed by atoms with Crippen LogP contribution in [-0.4, -0.2) is 37.3 Å². The topological polar surface area (TPSA) is 78.6 Å². The van der Waals surface area contributed by atoms with E-state index in [4.69, 9.17) is 4.74 Å². The average Bonchev–Trinajstić information content (AvgIpc) is 2.72.